The number of carbonyl (C=O) groups is 2. The Bertz CT molecular complexity index is 786. The number of carbonyl (C=O) groups excluding carboxylic acids is 2. The van der Waals surface area contributed by atoms with Crippen LogP contribution >= 0.6 is 11.3 Å². The Kier molecular flexibility index (Phi) is 5.23. The van der Waals surface area contributed by atoms with Crippen molar-refractivity contribution in [3.8, 4) is 21.9 Å². The molecule has 0 bridgehead atoms. The molecule has 0 radical (unpaired) electrons. The lowest BCUT2D eigenvalue weighted by Gasteiger charge is -2.18. The first-order valence-corrected chi connectivity index (χ1v) is 8.72. The van der Waals surface area contributed by atoms with Gasteiger partial charge in [0.25, 0.3) is 5.91 Å². The Morgan fingerprint density at radius 1 is 1.16 bits per heavy atom. The van der Waals surface area contributed by atoms with E-state index in [2.05, 4.69) is 4.74 Å². The smallest absolute Gasteiger partial charge is 0.307 e. The predicted molar refractivity (Wildman–Crippen MR) is 94.3 cm³/mol. The molecule has 0 saturated heterocycles. The zero-order valence-electron chi connectivity index (χ0n) is 14.1. The van der Waals surface area contributed by atoms with Gasteiger partial charge in [-0.2, -0.15) is 0 Å². The van der Waals surface area contributed by atoms with E-state index in [4.69, 9.17) is 9.47 Å². The van der Waals surface area contributed by atoms with Gasteiger partial charge in [0.2, 0.25) is 0 Å². The summed E-state index contributed by atoms with van der Waals surface area (Å²) < 4.78 is 15.7. The molecular weight excluding hydrogens is 342 g/mol. The molecule has 1 aliphatic heterocycles. The number of fused-ring (bicyclic) bond motifs is 1. The number of rotatable bonds is 5. The van der Waals surface area contributed by atoms with Crippen molar-refractivity contribution in [3.05, 3.63) is 35.2 Å². The van der Waals surface area contributed by atoms with Crippen molar-refractivity contribution in [2.75, 3.05) is 33.9 Å². The molecule has 1 aliphatic rings. The van der Waals surface area contributed by atoms with Crippen LogP contribution in [0.25, 0.3) is 10.4 Å². The normalized spacial score (nSPS) is 12.6. The molecule has 2 heterocycles. The van der Waals surface area contributed by atoms with Crippen LogP contribution in [0.1, 0.15) is 16.1 Å². The van der Waals surface area contributed by atoms with Crippen LogP contribution in [0.4, 0.5) is 0 Å². The van der Waals surface area contributed by atoms with Crippen molar-refractivity contribution in [3.63, 3.8) is 0 Å². The molecule has 132 valence electrons. The summed E-state index contributed by atoms with van der Waals surface area (Å²) in [5.41, 5.74) is 0.977. The van der Waals surface area contributed by atoms with Gasteiger partial charge in [-0.15, -0.1) is 11.3 Å². The molecule has 0 atom stereocenters. The largest absolute Gasteiger partial charge is 0.486 e. The highest BCUT2D eigenvalue weighted by molar-refractivity contribution is 7.17. The van der Waals surface area contributed by atoms with E-state index in [1.165, 1.54) is 23.3 Å². The Balaban J connectivity index is 1.71. The number of hydrogen-bond donors (Lipinski definition) is 0. The van der Waals surface area contributed by atoms with Gasteiger partial charge in [-0.05, 0) is 35.9 Å². The molecule has 0 fully saturated rings. The lowest BCUT2D eigenvalue weighted by Crippen LogP contribution is -2.28. The molecule has 3 rings (SSSR count). The summed E-state index contributed by atoms with van der Waals surface area (Å²) >= 11 is 1.41. The first kappa shape index (κ1) is 17.3. The number of esters is 1. The minimum Gasteiger partial charge on any atom is -0.486 e. The van der Waals surface area contributed by atoms with Crippen molar-refractivity contribution in [1.29, 1.82) is 0 Å². The van der Waals surface area contributed by atoms with Crippen LogP contribution in [0.3, 0.4) is 0 Å². The fraction of sp³-hybridized carbons (Fsp3) is 0.333. The van der Waals surface area contributed by atoms with E-state index in [1.54, 1.807) is 13.1 Å². The van der Waals surface area contributed by atoms with Gasteiger partial charge < -0.3 is 19.1 Å². The van der Waals surface area contributed by atoms with E-state index in [9.17, 15) is 9.59 Å². The molecule has 0 saturated carbocycles. The maximum absolute atomic E-state index is 12.5. The average molecular weight is 361 g/mol. The Morgan fingerprint density at radius 2 is 1.92 bits per heavy atom. The third kappa shape index (κ3) is 3.93. The molecule has 1 amide bonds. The highest BCUT2D eigenvalue weighted by Gasteiger charge is 2.17. The number of ether oxygens (including phenoxy) is 3. The molecule has 0 N–H and O–H groups in total. The number of nitrogens with zero attached hydrogens (tertiary/aromatic N) is 1. The summed E-state index contributed by atoms with van der Waals surface area (Å²) in [4.78, 5) is 26.8. The van der Waals surface area contributed by atoms with Crippen LogP contribution in [-0.2, 0) is 9.53 Å². The van der Waals surface area contributed by atoms with Gasteiger partial charge in [0.05, 0.1) is 18.4 Å². The average Bonchev–Trinajstić information content (AvgIpc) is 3.14. The van der Waals surface area contributed by atoms with Crippen LogP contribution in [-0.4, -0.2) is 50.7 Å². The number of amides is 1. The lowest BCUT2D eigenvalue weighted by molar-refractivity contribution is -0.140. The van der Waals surface area contributed by atoms with Crippen molar-refractivity contribution in [2.24, 2.45) is 0 Å². The van der Waals surface area contributed by atoms with Crippen LogP contribution in [0, 0.1) is 0 Å². The highest BCUT2D eigenvalue weighted by atomic mass is 32.1. The Hall–Kier alpha value is -2.54. The molecular formula is C18H19NO5S. The van der Waals surface area contributed by atoms with Crippen molar-refractivity contribution < 1.29 is 23.8 Å². The fourth-order valence-corrected chi connectivity index (χ4v) is 3.45. The van der Waals surface area contributed by atoms with Gasteiger partial charge >= 0.3 is 5.97 Å². The first-order chi connectivity index (χ1) is 12.1. The second kappa shape index (κ2) is 7.57. The lowest BCUT2D eigenvalue weighted by atomic mass is 10.1. The third-order valence-corrected chi connectivity index (χ3v) is 4.99. The summed E-state index contributed by atoms with van der Waals surface area (Å²) in [7, 11) is 3.01. The van der Waals surface area contributed by atoms with Gasteiger partial charge in [0.1, 0.15) is 13.2 Å². The molecule has 1 aromatic heterocycles. The second-order valence-corrected chi connectivity index (χ2v) is 6.66. The molecule has 2 aromatic rings. The molecule has 1 aromatic carbocycles. The number of benzene rings is 1. The first-order valence-electron chi connectivity index (χ1n) is 7.90. The number of methoxy groups -OCH3 is 1. The minimum atomic E-state index is -0.331. The van der Waals surface area contributed by atoms with Crippen molar-refractivity contribution in [1.82, 2.24) is 4.90 Å². The molecule has 7 heteroatoms. The fourth-order valence-electron chi connectivity index (χ4n) is 2.46. The summed E-state index contributed by atoms with van der Waals surface area (Å²) in [6.45, 7) is 1.42. The van der Waals surface area contributed by atoms with E-state index in [0.717, 1.165) is 21.9 Å². The zero-order valence-corrected chi connectivity index (χ0v) is 14.9. The molecule has 0 unspecified atom stereocenters. The summed E-state index contributed by atoms with van der Waals surface area (Å²) in [6.07, 6.45) is 0.180. The Morgan fingerprint density at radius 3 is 2.68 bits per heavy atom. The quantitative estimate of drug-likeness (QED) is 0.766. The van der Waals surface area contributed by atoms with E-state index in [0.29, 0.717) is 24.6 Å². The number of hydrogen-bond acceptors (Lipinski definition) is 6. The molecule has 6 nitrogen and oxygen atoms in total. The van der Waals surface area contributed by atoms with Crippen LogP contribution in [0.5, 0.6) is 11.5 Å². The SMILES string of the molecule is COC(=O)CCN(C)C(=O)c1ccc(-c2ccc3c(c2)OCCO3)s1. The van der Waals surface area contributed by atoms with Gasteiger partial charge in [0, 0.05) is 18.5 Å². The predicted octanol–water partition coefficient (Wildman–Crippen LogP) is 2.82. The molecule has 0 aliphatic carbocycles. The Labute approximate surface area is 149 Å². The van der Waals surface area contributed by atoms with Gasteiger partial charge in [-0.3, -0.25) is 9.59 Å². The second-order valence-electron chi connectivity index (χ2n) is 5.58. The summed E-state index contributed by atoms with van der Waals surface area (Å²) in [6, 6.07) is 9.48. The summed E-state index contributed by atoms with van der Waals surface area (Å²) in [5.74, 6) is 1.02. The van der Waals surface area contributed by atoms with E-state index in [1.807, 2.05) is 24.3 Å². The summed E-state index contributed by atoms with van der Waals surface area (Å²) in [5, 5.41) is 0. The maximum Gasteiger partial charge on any atom is 0.307 e. The van der Waals surface area contributed by atoms with Crippen molar-refractivity contribution >= 4 is 23.2 Å². The van der Waals surface area contributed by atoms with E-state index >= 15 is 0 Å². The standard InChI is InChI=1S/C18H19NO5S/c1-19(8-7-17(20)22-2)18(21)16-6-5-15(25-16)12-3-4-13-14(11-12)24-10-9-23-13/h3-6,11H,7-10H2,1-2H3. The highest BCUT2D eigenvalue weighted by Crippen LogP contribution is 2.37. The topological polar surface area (TPSA) is 65.1 Å². The van der Waals surface area contributed by atoms with Gasteiger partial charge in [-0.25, -0.2) is 0 Å². The van der Waals surface area contributed by atoms with Crippen LogP contribution in [0.2, 0.25) is 0 Å². The number of thiophene rings is 1. The van der Waals surface area contributed by atoms with Crippen molar-refractivity contribution in [2.45, 2.75) is 6.42 Å². The van der Waals surface area contributed by atoms with Gasteiger partial charge in [0.15, 0.2) is 11.5 Å². The van der Waals surface area contributed by atoms with Gasteiger partial charge in [-0.1, -0.05) is 0 Å². The maximum atomic E-state index is 12.5. The monoisotopic (exact) mass is 361 g/mol. The zero-order chi connectivity index (χ0) is 17.8. The van der Waals surface area contributed by atoms with Crippen LogP contribution in [0.15, 0.2) is 30.3 Å². The minimum absolute atomic E-state index is 0.113. The van der Waals surface area contributed by atoms with Crippen LogP contribution < -0.4 is 9.47 Å². The van der Waals surface area contributed by atoms with E-state index < -0.39 is 0 Å². The molecule has 25 heavy (non-hydrogen) atoms. The molecule has 0 spiro atoms. The van der Waals surface area contributed by atoms with E-state index in [-0.39, 0.29) is 18.3 Å². The third-order valence-electron chi connectivity index (χ3n) is 3.87.